The summed E-state index contributed by atoms with van der Waals surface area (Å²) < 4.78 is 1.94. The third-order valence-corrected chi connectivity index (χ3v) is 1.81. The van der Waals surface area contributed by atoms with Crippen molar-refractivity contribution < 1.29 is 0 Å². The highest BCUT2D eigenvalue weighted by Crippen LogP contribution is 2.12. The van der Waals surface area contributed by atoms with E-state index in [-0.39, 0.29) is 0 Å². The summed E-state index contributed by atoms with van der Waals surface area (Å²) in [6.07, 6.45) is 1.95. The summed E-state index contributed by atoms with van der Waals surface area (Å²) in [5.41, 5.74) is 6.83. The van der Waals surface area contributed by atoms with Crippen molar-refractivity contribution in [3.63, 3.8) is 0 Å². The van der Waals surface area contributed by atoms with Gasteiger partial charge in [0.1, 0.15) is 5.82 Å². The Kier molecular flexibility index (Phi) is 1.59. The maximum atomic E-state index is 5.74. The number of nitrogens with two attached hydrogens (primary N) is 1. The minimum atomic E-state index is 0.765. The van der Waals surface area contributed by atoms with Gasteiger partial charge in [-0.1, -0.05) is 18.2 Å². The van der Waals surface area contributed by atoms with Gasteiger partial charge in [-0.15, -0.1) is 0 Å². The van der Waals surface area contributed by atoms with E-state index in [0.29, 0.717) is 0 Å². The van der Waals surface area contributed by atoms with Crippen molar-refractivity contribution in [1.29, 1.82) is 0 Å². The van der Waals surface area contributed by atoms with Crippen molar-refractivity contribution in [3.8, 4) is 5.69 Å². The maximum Gasteiger partial charge on any atom is 0.107 e. The average Bonchev–Trinajstić information content (AvgIpc) is 2.53. The first-order chi connectivity index (χ1) is 5.88. The number of aromatic nitrogens is 1. The lowest BCUT2D eigenvalue weighted by Gasteiger charge is -2.03. The fraction of sp³-hybridized carbons (Fsp3) is 0. The number of nitrogens with zero attached hydrogens (tertiary/aromatic N) is 1. The highest BCUT2D eigenvalue weighted by atomic mass is 15.0. The van der Waals surface area contributed by atoms with E-state index < -0.39 is 0 Å². The number of hydrogen-bond acceptors (Lipinski definition) is 1. The molecule has 0 aliphatic carbocycles. The van der Waals surface area contributed by atoms with Crippen molar-refractivity contribution in [1.82, 2.24) is 4.57 Å². The van der Waals surface area contributed by atoms with Crippen LogP contribution in [-0.2, 0) is 0 Å². The van der Waals surface area contributed by atoms with E-state index in [1.165, 1.54) is 0 Å². The Labute approximate surface area is 71.2 Å². The zero-order valence-corrected chi connectivity index (χ0v) is 6.64. The van der Waals surface area contributed by atoms with Crippen LogP contribution in [0.2, 0.25) is 0 Å². The Hall–Kier alpha value is -1.70. The van der Waals surface area contributed by atoms with Crippen molar-refractivity contribution in [2.24, 2.45) is 0 Å². The van der Waals surface area contributed by atoms with Gasteiger partial charge in [0.15, 0.2) is 0 Å². The van der Waals surface area contributed by atoms with Crippen LogP contribution in [0.4, 0.5) is 5.82 Å². The third-order valence-electron chi connectivity index (χ3n) is 1.81. The largest absolute Gasteiger partial charge is 0.385 e. The van der Waals surface area contributed by atoms with Gasteiger partial charge >= 0.3 is 0 Å². The van der Waals surface area contributed by atoms with E-state index in [1.807, 2.05) is 53.2 Å². The van der Waals surface area contributed by atoms with Crippen molar-refractivity contribution in [2.45, 2.75) is 0 Å². The van der Waals surface area contributed by atoms with Gasteiger partial charge < -0.3 is 10.3 Å². The summed E-state index contributed by atoms with van der Waals surface area (Å²) >= 11 is 0. The Morgan fingerprint density at radius 2 is 1.67 bits per heavy atom. The van der Waals surface area contributed by atoms with E-state index in [4.69, 9.17) is 5.73 Å². The zero-order valence-electron chi connectivity index (χ0n) is 6.64. The zero-order chi connectivity index (χ0) is 8.39. The van der Waals surface area contributed by atoms with E-state index in [9.17, 15) is 0 Å². The molecule has 0 spiro atoms. The smallest absolute Gasteiger partial charge is 0.107 e. The quantitative estimate of drug-likeness (QED) is 0.676. The molecule has 2 heteroatoms. The van der Waals surface area contributed by atoms with Crippen molar-refractivity contribution in [2.75, 3.05) is 5.73 Å². The van der Waals surface area contributed by atoms with Crippen LogP contribution in [0, 0.1) is 0 Å². The summed E-state index contributed by atoms with van der Waals surface area (Å²) in [6.45, 7) is 0. The molecule has 1 heterocycles. The molecule has 0 fully saturated rings. The molecule has 0 unspecified atom stereocenters. The summed E-state index contributed by atoms with van der Waals surface area (Å²) in [5, 5.41) is 0. The molecule has 0 aliphatic heterocycles. The Morgan fingerprint density at radius 1 is 0.917 bits per heavy atom. The van der Waals surface area contributed by atoms with Gasteiger partial charge in [-0.2, -0.15) is 0 Å². The number of nitrogen functional groups attached to an aromatic ring is 1. The van der Waals surface area contributed by atoms with Crippen LogP contribution >= 0.6 is 0 Å². The van der Waals surface area contributed by atoms with Crippen molar-refractivity contribution in [3.05, 3.63) is 48.7 Å². The normalized spacial score (nSPS) is 10.0. The summed E-state index contributed by atoms with van der Waals surface area (Å²) in [4.78, 5) is 0. The van der Waals surface area contributed by atoms with Crippen LogP contribution in [0.15, 0.2) is 48.7 Å². The number of para-hydroxylation sites is 1. The van der Waals surface area contributed by atoms with Crippen LogP contribution in [-0.4, -0.2) is 4.57 Å². The molecular formula is C10H10N2. The molecule has 0 amide bonds. The first kappa shape index (κ1) is 6.98. The van der Waals surface area contributed by atoms with Gasteiger partial charge in [0.25, 0.3) is 0 Å². The second-order valence-corrected chi connectivity index (χ2v) is 2.64. The van der Waals surface area contributed by atoms with Gasteiger partial charge in [-0.3, -0.25) is 0 Å². The van der Waals surface area contributed by atoms with Crippen LogP contribution in [0.5, 0.6) is 0 Å². The lowest BCUT2D eigenvalue weighted by Crippen LogP contribution is -1.97. The molecule has 0 saturated carbocycles. The van der Waals surface area contributed by atoms with Gasteiger partial charge in [-0.05, 0) is 24.3 Å². The highest BCUT2D eigenvalue weighted by Gasteiger charge is 1.96. The van der Waals surface area contributed by atoms with Gasteiger partial charge in [-0.25, -0.2) is 0 Å². The Bertz CT molecular complexity index is 362. The molecule has 2 nitrogen and oxygen atoms in total. The number of rotatable bonds is 1. The van der Waals surface area contributed by atoms with Crippen LogP contribution in [0.25, 0.3) is 5.69 Å². The molecule has 0 radical (unpaired) electrons. The third kappa shape index (κ3) is 1.07. The minimum absolute atomic E-state index is 0.765. The molecule has 0 bridgehead atoms. The van der Waals surface area contributed by atoms with Gasteiger partial charge in [0.2, 0.25) is 0 Å². The second kappa shape index (κ2) is 2.74. The highest BCUT2D eigenvalue weighted by molar-refractivity contribution is 5.43. The minimum Gasteiger partial charge on any atom is -0.385 e. The van der Waals surface area contributed by atoms with E-state index in [0.717, 1.165) is 11.5 Å². The number of anilines is 1. The molecule has 1 aromatic heterocycles. The molecule has 2 aromatic rings. The molecule has 1 aromatic carbocycles. The maximum absolute atomic E-state index is 5.74. The monoisotopic (exact) mass is 158 g/mol. The van der Waals surface area contributed by atoms with Gasteiger partial charge in [0.05, 0.1) is 0 Å². The lowest BCUT2D eigenvalue weighted by molar-refractivity contribution is 1.09. The molecule has 12 heavy (non-hydrogen) atoms. The molecule has 60 valence electrons. The van der Waals surface area contributed by atoms with Gasteiger partial charge in [0, 0.05) is 11.9 Å². The SMILES string of the molecule is Nc1cccn1-c1ccccc1. The van der Waals surface area contributed by atoms with E-state index in [1.54, 1.807) is 0 Å². The Morgan fingerprint density at radius 3 is 2.25 bits per heavy atom. The van der Waals surface area contributed by atoms with Crippen LogP contribution in [0.3, 0.4) is 0 Å². The summed E-state index contributed by atoms with van der Waals surface area (Å²) in [6, 6.07) is 13.8. The summed E-state index contributed by atoms with van der Waals surface area (Å²) in [5.74, 6) is 0.765. The molecule has 0 aliphatic rings. The molecule has 2 N–H and O–H groups in total. The van der Waals surface area contributed by atoms with Crippen LogP contribution in [0.1, 0.15) is 0 Å². The Balaban J connectivity index is 2.51. The predicted octanol–water partition coefficient (Wildman–Crippen LogP) is 2.06. The number of hydrogen-bond donors (Lipinski definition) is 1. The topological polar surface area (TPSA) is 30.9 Å². The number of benzene rings is 1. The first-order valence-electron chi connectivity index (χ1n) is 3.86. The fourth-order valence-electron chi connectivity index (χ4n) is 1.22. The molecule has 2 rings (SSSR count). The fourth-order valence-corrected chi connectivity index (χ4v) is 1.22. The van der Waals surface area contributed by atoms with E-state index >= 15 is 0 Å². The standard InChI is InChI=1S/C10H10N2/c11-10-7-4-8-12(10)9-5-2-1-3-6-9/h1-8H,11H2. The lowest BCUT2D eigenvalue weighted by atomic mass is 10.3. The summed E-state index contributed by atoms with van der Waals surface area (Å²) in [7, 11) is 0. The van der Waals surface area contributed by atoms with Crippen molar-refractivity contribution >= 4 is 5.82 Å². The van der Waals surface area contributed by atoms with E-state index in [2.05, 4.69) is 0 Å². The molecule has 0 saturated heterocycles. The average molecular weight is 158 g/mol. The predicted molar refractivity (Wildman–Crippen MR) is 50.2 cm³/mol. The van der Waals surface area contributed by atoms with Crippen LogP contribution < -0.4 is 5.73 Å². The first-order valence-corrected chi connectivity index (χ1v) is 3.86. The molecule has 0 atom stereocenters. The molecular weight excluding hydrogens is 148 g/mol. The second-order valence-electron chi connectivity index (χ2n) is 2.64.